The van der Waals surface area contributed by atoms with Crippen LogP contribution < -0.4 is 0 Å². The Balaban J connectivity index is 0.000000145. The Labute approximate surface area is 696 Å². The molecule has 560 valence electrons. The summed E-state index contributed by atoms with van der Waals surface area (Å²) >= 11 is 0. The Morgan fingerprint density at radius 3 is 0.808 bits per heavy atom. The van der Waals surface area contributed by atoms with Gasteiger partial charge in [-0.15, -0.1) is 0 Å². The molecule has 0 saturated carbocycles. The van der Waals surface area contributed by atoms with E-state index in [2.05, 4.69) is 425 Å². The third-order valence-corrected chi connectivity index (χ3v) is 24.3. The third-order valence-electron chi connectivity index (χ3n) is 24.3. The largest absolute Gasteiger partial charge is 0.247 e. The van der Waals surface area contributed by atoms with Gasteiger partial charge in [-0.05, 0) is 125 Å². The lowest BCUT2D eigenvalue weighted by Gasteiger charge is -2.34. The minimum absolute atomic E-state index is 0.521. The van der Waals surface area contributed by atoms with Crippen LogP contribution in [0.2, 0.25) is 0 Å². The molecule has 0 aliphatic heterocycles. The molecule has 0 amide bonds. The highest BCUT2D eigenvalue weighted by atomic mass is 14.9. The van der Waals surface area contributed by atoms with E-state index in [1.165, 1.54) is 88.7 Å². The van der Waals surface area contributed by atoms with Crippen LogP contribution in [-0.2, 0) is 10.8 Å². The lowest BCUT2D eigenvalue weighted by Crippen LogP contribution is -2.28. The highest BCUT2D eigenvalue weighted by Gasteiger charge is 2.49. The SMILES string of the molecule is c1ccc(-c2cc(-c3ccccc3)nc(-c3cccc(-c4nc5ccccc5c5ccc6c(c45)-c4ccccc4C6(c4ccccc4)c4ccccc4)c3)n2)cc1.c1ccc(-c2ccc(-c3cc(-c4ccccc4)nc(-c4cccc(-c5nc6ccccc6c6ccc7c(c56)-c5ccccc5C7(c5ccccc5)c5ccccc5)c4)n3)cc2)cc1. The number of para-hydroxylation sites is 2. The summed E-state index contributed by atoms with van der Waals surface area (Å²) in [5.74, 6) is 1.33. The summed E-state index contributed by atoms with van der Waals surface area (Å²) in [7, 11) is 0. The molecule has 4 aromatic heterocycles. The molecule has 21 aromatic rings. The van der Waals surface area contributed by atoms with E-state index < -0.39 is 10.8 Å². The molecular formula is C114H74N6. The Morgan fingerprint density at radius 2 is 0.442 bits per heavy atom. The quantitative estimate of drug-likeness (QED) is 0.107. The molecule has 0 fully saturated rings. The van der Waals surface area contributed by atoms with Crippen molar-refractivity contribution < 1.29 is 0 Å². The molecule has 6 heteroatoms. The minimum Gasteiger partial charge on any atom is -0.247 e. The third kappa shape index (κ3) is 11.9. The number of pyridine rings is 2. The fourth-order valence-electron chi connectivity index (χ4n) is 19.0. The van der Waals surface area contributed by atoms with Crippen LogP contribution in [0.3, 0.4) is 0 Å². The van der Waals surface area contributed by atoms with Gasteiger partial charge in [-0.2, -0.15) is 0 Å². The molecule has 0 bridgehead atoms. The first-order valence-electron chi connectivity index (χ1n) is 41.0. The van der Waals surface area contributed by atoms with Crippen LogP contribution in [0.1, 0.15) is 44.5 Å². The fourth-order valence-corrected chi connectivity index (χ4v) is 19.0. The van der Waals surface area contributed by atoms with E-state index in [4.69, 9.17) is 29.9 Å². The summed E-state index contributed by atoms with van der Waals surface area (Å²) in [5, 5.41) is 6.91. The predicted octanol–water partition coefficient (Wildman–Crippen LogP) is 28.1. The fraction of sp³-hybridized carbons (Fsp3) is 0.0175. The maximum atomic E-state index is 5.57. The van der Waals surface area contributed by atoms with E-state index in [1.54, 1.807) is 0 Å². The molecule has 4 heterocycles. The van der Waals surface area contributed by atoms with Gasteiger partial charge in [0.2, 0.25) is 0 Å². The second-order valence-corrected chi connectivity index (χ2v) is 31.0. The molecule has 2 aliphatic carbocycles. The standard InChI is InChI=1S/C60H39N3.C54H35N3/c1-5-18-40(19-6-1)41-32-34-43(35-33-41)55-39-54(42-20-7-2-8-21-42)62-59(63-55)45-23-17-22-44(38-45)58-57-49(48-28-14-16-31-53(48)61-58)36-37-52-56(57)50-29-13-15-30-51(50)60(52,46-24-9-3-10-25-46)47-26-11-4-12-27-47;1-5-18-36(19-6-1)48-35-49(37-20-7-2-8-21-37)57-53(56-48)39-23-17-22-38(34-39)52-51-43(42-28-14-16-31-47(42)55-52)32-33-46-50(51)44-29-13-15-30-45(44)54(46,40-24-9-3-10-25-40)41-26-11-4-12-27-41/h1-39H;1-35H. The number of fused-ring (bicyclic) bond motifs is 14. The highest BCUT2D eigenvalue weighted by molar-refractivity contribution is 6.20. The normalized spacial score (nSPS) is 12.6. The van der Waals surface area contributed by atoms with Crippen LogP contribution in [0.4, 0.5) is 0 Å². The van der Waals surface area contributed by atoms with Gasteiger partial charge in [-0.3, -0.25) is 0 Å². The van der Waals surface area contributed by atoms with Gasteiger partial charge in [0.1, 0.15) is 0 Å². The number of hydrogen-bond donors (Lipinski definition) is 0. The van der Waals surface area contributed by atoms with E-state index in [9.17, 15) is 0 Å². The van der Waals surface area contributed by atoms with Crippen LogP contribution in [0.15, 0.2) is 449 Å². The highest BCUT2D eigenvalue weighted by Crippen LogP contribution is 2.61. The lowest BCUT2D eigenvalue weighted by molar-refractivity contribution is 0.769. The summed E-state index contributed by atoms with van der Waals surface area (Å²) in [6.45, 7) is 0. The smallest absolute Gasteiger partial charge is 0.160 e. The first-order valence-corrected chi connectivity index (χ1v) is 41.0. The van der Waals surface area contributed by atoms with Gasteiger partial charge in [0.15, 0.2) is 11.6 Å². The Kier molecular flexibility index (Phi) is 17.6. The molecular weight excluding hydrogens is 1450 g/mol. The van der Waals surface area contributed by atoms with Crippen molar-refractivity contribution in [2.45, 2.75) is 10.8 Å². The number of nitrogens with zero attached hydrogens (tertiary/aromatic N) is 6. The van der Waals surface area contributed by atoms with Crippen molar-refractivity contribution in [2.75, 3.05) is 0 Å². The van der Waals surface area contributed by atoms with Gasteiger partial charge in [-0.25, -0.2) is 29.9 Å². The molecule has 17 aromatic carbocycles. The van der Waals surface area contributed by atoms with E-state index >= 15 is 0 Å². The van der Waals surface area contributed by atoms with Gasteiger partial charge >= 0.3 is 0 Å². The molecule has 2 aliphatic rings. The number of aromatic nitrogens is 6. The van der Waals surface area contributed by atoms with E-state index in [0.29, 0.717) is 11.6 Å². The molecule has 0 radical (unpaired) electrons. The molecule has 23 rings (SSSR count). The molecule has 0 unspecified atom stereocenters. The van der Waals surface area contributed by atoms with E-state index in [0.717, 1.165) is 111 Å². The maximum Gasteiger partial charge on any atom is 0.160 e. The second kappa shape index (κ2) is 29.8. The van der Waals surface area contributed by atoms with Crippen molar-refractivity contribution in [2.24, 2.45) is 0 Å². The maximum absolute atomic E-state index is 5.57. The van der Waals surface area contributed by atoms with Crippen molar-refractivity contribution in [3.63, 3.8) is 0 Å². The summed E-state index contributed by atoms with van der Waals surface area (Å²) in [6.07, 6.45) is 0. The van der Waals surface area contributed by atoms with Gasteiger partial charge in [0.25, 0.3) is 0 Å². The first kappa shape index (κ1) is 70.8. The predicted molar refractivity (Wildman–Crippen MR) is 493 cm³/mol. The Morgan fingerprint density at radius 1 is 0.167 bits per heavy atom. The summed E-state index contributed by atoms with van der Waals surface area (Å²) < 4.78 is 0. The van der Waals surface area contributed by atoms with Gasteiger partial charge in [-0.1, -0.05) is 413 Å². The average molecular weight is 1530 g/mol. The van der Waals surface area contributed by atoms with Gasteiger partial charge in [0.05, 0.1) is 56.0 Å². The van der Waals surface area contributed by atoms with Gasteiger partial charge in [0, 0.05) is 66.1 Å². The van der Waals surface area contributed by atoms with Crippen LogP contribution >= 0.6 is 0 Å². The zero-order valence-electron chi connectivity index (χ0n) is 65.4. The van der Waals surface area contributed by atoms with Gasteiger partial charge < -0.3 is 0 Å². The first-order chi connectivity index (χ1) is 59.5. The monoisotopic (exact) mass is 1530 g/mol. The van der Waals surface area contributed by atoms with Crippen molar-refractivity contribution in [3.8, 4) is 124 Å². The minimum atomic E-state index is -0.533. The molecule has 6 nitrogen and oxygen atoms in total. The van der Waals surface area contributed by atoms with Crippen LogP contribution in [0, 0.1) is 0 Å². The average Bonchev–Trinajstić information content (AvgIpc) is 1.52. The number of hydrogen-bond acceptors (Lipinski definition) is 6. The molecule has 0 saturated heterocycles. The summed E-state index contributed by atoms with van der Waals surface area (Å²) in [6, 6.07) is 160. The Hall–Kier alpha value is -15.8. The summed E-state index contributed by atoms with van der Waals surface area (Å²) in [4.78, 5) is 32.0. The molecule has 120 heavy (non-hydrogen) atoms. The van der Waals surface area contributed by atoms with E-state index in [-0.39, 0.29) is 0 Å². The topological polar surface area (TPSA) is 77.3 Å². The zero-order chi connectivity index (χ0) is 79.5. The number of benzene rings is 17. The summed E-state index contributed by atoms with van der Waals surface area (Å²) in [5.41, 5.74) is 31.5. The Bertz CT molecular complexity index is 7340. The van der Waals surface area contributed by atoms with Crippen LogP contribution in [0.5, 0.6) is 0 Å². The van der Waals surface area contributed by atoms with Crippen molar-refractivity contribution in [1.29, 1.82) is 0 Å². The van der Waals surface area contributed by atoms with E-state index in [1.807, 2.05) is 24.3 Å². The molecule has 0 atom stereocenters. The second-order valence-electron chi connectivity index (χ2n) is 31.0. The van der Waals surface area contributed by atoms with Crippen molar-refractivity contribution in [1.82, 2.24) is 29.9 Å². The molecule has 0 N–H and O–H groups in total. The van der Waals surface area contributed by atoms with Crippen LogP contribution in [0.25, 0.3) is 167 Å². The van der Waals surface area contributed by atoms with Crippen LogP contribution in [-0.4, -0.2) is 29.9 Å². The lowest BCUT2D eigenvalue weighted by atomic mass is 9.67. The number of rotatable bonds is 13. The van der Waals surface area contributed by atoms with Crippen molar-refractivity contribution >= 4 is 43.4 Å². The van der Waals surface area contributed by atoms with Crippen molar-refractivity contribution in [3.05, 3.63) is 493 Å². The molecule has 0 spiro atoms. The zero-order valence-corrected chi connectivity index (χ0v) is 65.4.